The fraction of sp³-hybridized carbons (Fsp3) is 0. The number of nitriles is 2. The van der Waals surface area contributed by atoms with Crippen LogP contribution in [0.25, 0.3) is 93.6 Å². The van der Waals surface area contributed by atoms with Crippen molar-refractivity contribution < 1.29 is 0 Å². The van der Waals surface area contributed by atoms with Crippen LogP contribution in [0.4, 0.5) is 0 Å². The van der Waals surface area contributed by atoms with Crippen LogP contribution < -0.4 is 0 Å². The van der Waals surface area contributed by atoms with Crippen molar-refractivity contribution in [2.75, 3.05) is 0 Å². The summed E-state index contributed by atoms with van der Waals surface area (Å²) in [6.07, 6.45) is 0. The summed E-state index contributed by atoms with van der Waals surface area (Å²) >= 11 is 0. The zero-order valence-corrected chi connectivity index (χ0v) is 29.5. The van der Waals surface area contributed by atoms with Gasteiger partial charge in [-0.2, -0.15) is 10.5 Å². The monoisotopic (exact) mass is 699 g/mol. The Morgan fingerprint density at radius 3 is 1.60 bits per heavy atom. The lowest BCUT2D eigenvalue weighted by atomic mass is 9.98. The standard InChI is InChI=1S/C50H29N5/c51-30-33-14-10-21-39-38-18-3-7-24-44(38)55(50(33)39)46-26-11-20-35(41(46)31-52)32-13-9-15-34(29-32)53-45-25-8-4-19-40(45)49-47(53)27-12-28-48(49)54-42-22-5-1-16-36(42)37-17-2-6-23-43(37)54/h1-29H. The number of hydrogen-bond acceptors (Lipinski definition) is 2. The molecule has 55 heavy (non-hydrogen) atoms. The molecule has 0 spiro atoms. The third-order valence-corrected chi connectivity index (χ3v) is 11.1. The van der Waals surface area contributed by atoms with Crippen molar-refractivity contribution in [1.29, 1.82) is 10.5 Å². The van der Waals surface area contributed by atoms with Gasteiger partial charge in [-0.3, -0.25) is 0 Å². The highest BCUT2D eigenvalue weighted by Gasteiger charge is 2.22. The number of aromatic nitrogens is 3. The average molecular weight is 700 g/mol. The first-order valence-corrected chi connectivity index (χ1v) is 18.3. The second kappa shape index (κ2) is 11.8. The normalized spacial score (nSPS) is 11.6. The van der Waals surface area contributed by atoms with Crippen molar-refractivity contribution in [3.05, 3.63) is 187 Å². The first kappa shape index (κ1) is 30.7. The molecule has 254 valence electrons. The highest BCUT2D eigenvalue weighted by Crippen LogP contribution is 2.41. The average Bonchev–Trinajstić information content (AvgIpc) is 3.89. The van der Waals surface area contributed by atoms with Crippen molar-refractivity contribution in [2.24, 2.45) is 0 Å². The van der Waals surface area contributed by atoms with Gasteiger partial charge >= 0.3 is 0 Å². The first-order valence-electron chi connectivity index (χ1n) is 18.3. The Hall–Kier alpha value is -7.86. The van der Waals surface area contributed by atoms with E-state index >= 15 is 0 Å². The maximum absolute atomic E-state index is 10.9. The Morgan fingerprint density at radius 1 is 0.382 bits per heavy atom. The van der Waals surface area contributed by atoms with Crippen LogP contribution in [-0.2, 0) is 0 Å². The summed E-state index contributed by atoms with van der Waals surface area (Å²) in [6, 6.07) is 65.9. The predicted octanol–water partition coefficient (Wildman–Crippen LogP) is 12.4. The highest BCUT2D eigenvalue weighted by molar-refractivity contribution is 6.16. The minimum Gasteiger partial charge on any atom is -0.309 e. The number of rotatable bonds is 4. The summed E-state index contributed by atoms with van der Waals surface area (Å²) < 4.78 is 6.82. The Balaban J connectivity index is 1.15. The van der Waals surface area contributed by atoms with E-state index in [1.54, 1.807) is 0 Å². The fourth-order valence-electron chi connectivity index (χ4n) is 8.90. The van der Waals surface area contributed by atoms with Gasteiger partial charge in [0.2, 0.25) is 0 Å². The molecule has 0 bridgehead atoms. The molecule has 0 atom stereocenters. The molecule has 0 aliphatic carbocycles. The summed E-state index contributed by atoms with van der Waals surface area (Å²) in [4.78, 5) is 0. The maximum Gasteiger partial charge on any atom is 0.102 e. The topological polar surface area (TPSA) is 62.4 Å². The largest absolute Gasteiger partial charge is 0.309 e. The Labute approximate surface area is 316 Å². The van der Waals surface area contributed by atoms with E-state index < -0.39 is 0 Å². The van der Waals surface area contributed by atoms with E-state index in [4.69, 9.17) is 0 Å². The van der Waals surface area contributed by atoms with Crippen LogP contribution in [0.5, 0.6) is 0 Å². The van der Waals surface area contributed by atoms with E-state index in [2.05, 4.69) is 153 Å². The minimum absolute atomic E-state index is 0.547. The van der Waals surface area contributed by atoms with Gasteiger partial charge in [-0.1, -0.05) is 115 Å². The van der Waals surface area contributed by atoms with E-state index in [0.717, 1.165) is 61.0 Å². The Kier molecular flexibility index (Phi) is 6.61. The molecule has 11 rings (SSSR count). The molecule has 0 N–H and O–H groups in total. The van der Waals surface area contributed by atoms with Crippen LogP contribution in [0.15, 0.2) is 176 Å². The van der Waals surface area contributed by atoms with Gasteiger partial charge in [0, 0.05) is 43.6 Å². The smallest absolute Gasteiger partial charge is 0.102 e. The zero-order chi connectivity index (χ0) is 36.6. The molecule has 5 heteroatoms. The minimum atomic E-state index is 0.547. The lowest BCUT2D eigenvalue weighted by Crippen LogP contribution is -2.01. The molecule has 11 aromatic rings. The van der Waals surface area contributed by atoms with Gasteiger partial charge in [0.15, 0.2) is 0 Å². The molecule has 0 saturated carbocycles. The van der Waals surface area contributed by atoms with Crippen LogP contribution in [0.2, 0.25) is 0 Å². The Bertz CT molecular complexity index is 3420. The summed E-state index contributed by atoms with van der Waals surface area (Å²) in [6.45, 7) is 0. The van der Waals surface area contributed by atoms with Crippen molar-refractivity contribution in [3.8, 4) is 40.3 Å². The molecule has 3 aromatic heterocycles. The molecule has 0 saturated heterocycles. The fourth-order valence-corrected chi connectivity index (χ4v) is 8.90. The maximum atomic E-state index is 10.9. The molecular formula is C50H29N5. The lowest BCUT2D eigenvalue weighted by Gasteiger charge is -2.15. The van der Waals surface area contributed by atoms with Crippen molar-refractivity contribution in [3.63, 3.8) is 0 Å². The Morgan fingerprint density at radius 2 is 0.909 bits per heavy atom. The lowest BCUT2D eigenvalue weighted by molar-refractivity contribution is 1.16. The number of para-hydroxylation sites is 5. The summed E-state index contributed by atoms with van der Waals surface area (Å²) in [5, 5.41) is 27.9. The molecular weight excluding hydrogens is 671 g/mol. The van der Waals surface area contributed by atoms with Gasteiger partial charge in [-0.15, -0.1) is 0 Å². The van der Waals surface area contributed by atoms with E-state index in [-0.39, 0.29) is 0 Å². The molecule has 0 radical (unpaired) electrons. The molecule has 8 aromatic carbocycles. The summed E-state index contributed by atoms with van der Waals surface area (Å²) in [5.41, 5.74) is 12.0. The predicted molar refractivity (Wildman–Crippen MR) is 224 cm³/mol. The third kappa shape index (κ3) is 4.33. The van der Waals surface area contributed by atoms with E-state index in [1.807, 2.05) is 48.5 Å². The quantitative estimate of drug-likeness (QED) is 0.184. The highest BCUT2D eigenvalue weighted by atomic mass is 15.0. The second-order valence-electron chi connectivity index (χ2n) is 13.9. The summed E-state index contributed by atoms with van der Waals surface area (Å²) in [5.74, 6) is 0. The van der Waals surface area contributed by atoms with Crippen LogP contribution in [-0.4, -0.2) is 13.7 Å². The van der Waals surface area contributed by atoms with Crippen LogP contribution >= 0.6 is 0 Å². The van der Waals surface area contributed by atoms with Crippen molar-refractivity contribution in [2.45, 2.75) is 0 Å². The van der Waals surface area contributed by atoms with Gasteiger partial charge in [-0.25, -0.2) is 0 Å². The van der Waals surface area contributed by atoms with Gasteiger partial charge in [0.25, 0.3) is 0 Å². The number of nitrogens with zero attached hydrogens (tertiary/aromatic N) is 5. The number of hydrogen-bond donors (Lipinski definition) is 0. The van der Waals surface area contributed by atoms with Gasteiger partial charge in [0.05, 0.1) is 55.6 Å². The zero-order valence-electron chi connectivity index (χ0n) is 29.5. The van der Waals surface area contributed by atoms with Crippen LogP contribution in [0, 0.1) is 22.7 Å². The van der Waals surface area contributed by atoms with E-state index in [9.17, 15) is 10.5 Å². The molecule has 0 aliphatic rings. The van der Waals surface area contributed by atoms with Gasteiger partial charge in [-0.05, 0) is 66.2 Å². The molecule has 0 fully saturated rings. The SMILES string of the molecule is N#Cc1c(-c2cccc(-n3c4ccccc4c4c(-n5c6ccccc6c6ccccc65)cccc43)c2)cccc1-n1c2ccccc2c2cccc(C#N)c21. The van der Waals surface area contributed by atoms with Gasteiger partial charge in [0.1, 0.15) is 12.1 Å². The number of benzene rings is 8. The van der Waals surface area contributed by atoms with E-state index in [0.29, 0.717) is 11.1 Å². The molecule has 3 heterocycles. The van der Waals surface area contributed by atoms with Crippen molar-refractivity contribution in [1.82, 2.24) is 13.7 Å². The molecule has 0 aliphatic heterocycles. The first-order chi connectivity index (χ1) is 27.2. The molecule has 0 amide bonds. The molecule has 0 unspecified atom stereocenters. The van der Waals surface area contributed by atoms with Crippen molar-refractivity contribution >= 4 is 65.4 Å². The van der Waals surface area contributed by atoms with E-state index in [1.165, 1.54) is 32.6 Å². The van der Waals surface area contributed by atoms with Gasteiger partial charge < -0.3 is 13.7 Å². The van der Waals surface area contributed by atoms with Crippen LogP contribution in [0.3, 0.4) is 0 Å². The number of fused-ring (bicyclic) bond motifs is 9. The second-order valence-corrected chi connectivity index (χ2v) is 13.9. The van der Waals surface area contributed by atoms with Crippen LogP contribution in [0.1, 0.15) is 11.1 Å². The third-order valence-electron chi connectivity index (χ3n) is 11.1. The molecule has 5 nitrogen and oxygen atoms in total. The summed E-state index contributed by atoms with van der Waals surface area (Å²) in [7, 11) is 0.